The Labute approximate surface area is 178 Å². The number of ether oxygens (including phenoxy) is 2. The second-order valence-electron chi connectivity index (χ2n) is 6.80. The molecule has 4 aromatic rings. The van der Waals surface area contributed by atoms with E-state index in [0.29, 0.717) is 17.0 Å². The van der Waals surface area contributed by atoms with Crippen LogP contribution in [-0.2, 0) is 20.9 Å². The zero-order chi connectivity index (χ0) is 21.6. The molecule has 31 heavy (non-hydrogen) atoms. The van der Waals surface area contributed by atoms with Crippen LogP contribution in [0.4, 0.5) is 5.69 Å². The second kappa shape index (κ2) is 9.08. The molecule has 0 aliphatic rings. The van der Waals surface area contributed by atoms with Crippen molar-refractivity contribution in [1.29, 1.82) is 0 Å². The molecule has 0 bridgehead atoms. The summed E-state index contributed by atoms with van der Waals surface area (Å²) >= 11 is 0. The van der Waals surface area contributed by atoms with Crippen LogP contribution in [0.15, 0.2) is 78.9 Å². The summed E-state index contributed by atoms with van der Waals surface area (Å²) in [6.45, 7) is 1.38. The van der Waals surface area contributed by atoms with Crippen molar-refractivity contribution < 1.29 is 19.1 Å². The van der Waals surface area contributed by atoms with E-state index in [1.165, 1.54) is 11.6 Å². The summed E-state index contributed by atoms with van der Waals surface area (Å²) in [5.74, 6) is 0.349. The van der Waals surface area contributed by atoms with Gasteiger partial charge < -0.3 is 14.8 Å². The van der Waals surface area contributed by atoms with Gasteiger partial charge in [-0.25, -0.2) is 4.68 Å². The van der Waals surface area contributed by atoms with Crippen LogP contribution in [0, 0.1) is 0 Å². The summed E-state index contributed by atoms with van der Waals surface area (Å²) in [7, 11) is 0. The summed E-state index contributed by atoms with van der Waals surface area (Å²) < 4.78 is 12.4. The first-order chi connectivity index (χ1) is 15.1. The number of rotatable bonds is 7. The van der Waals surface area contributed by atoms with Crippen molar-refractivity contribution in [1.82, 2.24) is 15.0 Å². The van der Waals surface area contributed by atoms with Gasteiger partial charge in [0.25, 0.3) is 5.91 Å². The summed E-state index contributed by atoms with van der Waals surface area (Å²) in [4.78, 5) is 24.6. The van der Waals surface area contributed by atoms with Gasteiger partial charge in [-0.05, 0) is 55.5 Å². The van der Waals surface area contributed by atoms with Crippen molar-refractivity contribution in [3.63, 3.8) is 0 Å². The number of carbonyl (C=O) groups is 2. The van der Waals surface area contributed by atoms with Gasteiger partial charge in [-0.15, -0.1) is 5.10 Å². The number of para-hydroxylation sites is 2. The quantitative estimate of drug-likeness (QED) is 0.461. The first-order valence-corrected chi connectivity index (χ1v) is 9.70. The molecule has 1 aromatic heterocycles. The molecule has 1 unspecified atom stereocenters. The minimum absolute atomic E-state index is 0.135. The first kappa shape index (κ1) is 20.1. The molecule has 1 atom stereocenters. The monoisotopic (exact) mass is 416 g/mol. The van der Waals surface area contributed by atoms with Crippen molar-refractivity contribution in [3.8, 4) is 11.5 Å². The third kappa shape index (κ3) is 5.05. The predicted molar refractivity (Wildman–Crippen MR) is 115 cm³/mol. The molecule has 0 spiro atoms. The number of carbonyl (C=O) groups excluding carboxylic acids is 2. The topological polar surface area (TPSA) is 95.3 Å². The Hall–Kier alpha value is -4.20. The number of hydrogen-bond acceptors (Lipinski definition) is 6. The highest BCUT2D eigenvalue weighted by molar-refractivity contribution is 5.95. The van der Waals surface area contributed by atoms with Gasteiger partial charge in [-0.1, -0.05) is 35.5 Å². The van der Waals surface area contributed by atoms with Crippen LogP contribution < -0.4 is 10.1 Å². The number of esters is 1. The Morgan fingerprint density at radius 1 is 0.935 bits per heavy atom. The highest BCUT2D eigenvalue weighted by Gasteiger charge is 2.19. The van der Waals surface area contributed by atoms with E-state index in [0.717, 1.165) is 11.3 Å². The summed E-state index contributed by atoms with van der Waals surface area (Å²) in [6.07, 6.45) is -0.970. The van der Waals surface area contributed by atoms with Gasteiger partial charge in [0.15, 0.2) is 6.10 Å². The molecule has 1 amide bonds. The Kier molecular flexibility index (Phi) is 5.89. The number of anilines is 1. The maximum atomic E-state index is 12.4. The summed E-state index contributed by atoms with van der Waals surface area (Å²) in [5.41, 5.74) is 1.96. The lowest BCUT2D eigenvalue weighted by Crippen LogP contribution is -2.31. The van der Waals surface area contributed by atoms with Crippen molar-refractivity contribution in [2.75, 3.05) is 5.32 Å². The molecule has 0 saturated carbocycles. The highest BCUT2D eigenvalue weighted by atomic mass is 16.5. The van der Waals surface area contributed by atoms with E-state index in [1.54, 1.807) is 30.3 Å². The Morgan fingerprint density at radius 2 is 1.61 bits per heavy atom. The predicted octanol–water partition coefficient (Wildman–Crippen LogP) is 3.79. The molecule has 0 aliphatic carbocycles. The molecular formula is C23H20N4O4. The maximum Gasteiger partial charge on any atom is 0.328 e. The number of hydrogen-bond donors (Lipinski definition) is 1. The Morgan fingerprint density at radius 3 is 2.39 bits per heavy atom. The van der Waals surface area contributed by atoms with Crippen LogP contribution in [0.3, 0.4) is 0 Å². The van der Waals surface area contributed by atoms with Crippen LogP contribution in [0.2, 0.25) is 0 Å². The van der Waals surface area contributed by atoms with Gasteiger partial charge in [-0.2, -0.15) is 0 Å². The molecule has 0 saturated heterocycles. The fourth-order valence-corrected chi connectivity index (χ4v) is 2.92. The van der Waals surface area contributed by atoms with E-state index in [2.05, 4.69) is 15.6 Å². The average molecular weight is 416 g/mol. The lowest BCUT2D eigenvalue weighted by atomic mass is 10.2. The Balaban J connectivity index is 1.30. The molecule has 1 heterocycles. The van der Waals surface area contributed by atoms with E-state index in [1.807, 2.05) is 48.5 Å². The molecule has 3 aromatic carbocycles. The second-order valence-corrected chi connectivity index (χ2v) is 6.80. The number of fused-ring (bicyclic) bond motifs is 1. The summed E-state index contributed by atoms with van der Waals surface area (Å²) in [6, 6.07) is 23.6. The smallest absolute Gasteiger partial charge is 0.328 e. The fraction of sp³-hybridized carbons (Fsp3) is 0.130. The van der Waals surface area contributed by atoms with Crippen LogP contribution in [-0.4, -0.2) is 33.0 Å². The zero-order valence-electron chi connectivity index (χ0n) is 16.8. The SMILES string of the molecule is CC(OC(=O)Cn1nnc2ccccc21)C(=O)Nc1ccc(Oc2ccccc2)cc1. The Bertz CT molecular complexity index is 1190. The molecule has 8 nitrogen and oxygen atoms in total. The summed E-state index contributed by atoms with van der Waals surface area (Å²) in [5, 5.41) is 10.7. The van der Waals surface area contributed by atoms with E-state index >= 15 is 0 Å². The van der Waals surface area contributed by atoms with E-state index in [9.17, 15) is 9.59 Å². The number of benzene rings is 3. The maximum absolute atomic E-state index is 12.4. The van der Waals surface area contributed by atoms with Gasteiger partial charge >= 0.3 is 5.97 Å². The van der Waals surface area contributed by atoms with E-state index < -0.39 is 18.0 Å². The van der Waals surface area contributed by atoms with Gasteiger partial charge in [0, 0.05) is 5.69 Å². The number of aromatic nitrogens is 3. The fourth-order valence-electron chi connectivity index (χ4n) is 2.92. The lowest BCUT2D eigenvalue weighted by Gasteiger charge is -2.14. The molecule has 0 radical (unpaired) electrons. The van der Waals surface area contributed by atoms with Crippen molar-refractivity contribution in [2.45, 2.75) is 19.6 Å². The average Bonchev–Trinajstić information content (AvgIpc) is 3.18. The molecule has 1 N–H and O–H groups in total. The van der Waals surface area contributed by atoms with Crippen LogP contribution in [0.1, 0.15) is 6.92 Å². The number of nitrogens with zero attached hydrogens (tertiary/aromatic N) is 3. The highest BCUT2D eigenvalue weighted by Crippen LogP contribution is 2.22. The van der Waals surface area contributed by atoms with Crippen molar-refractivity contribution in [3.05, 3.63) is 78.9 Å². The molecule has 156 valence electrons. The molecular weight excluding hydrogens is 396 g/mol. The lowest BCUT2D eigenvalue weighted by molar-refractivity contribution is -0.153. The van der Waals surface area contributed by atoms with E-state index in [-0.39, 0.29) is 6.54 Å². The minimum atomic E-state index is -0.970. The molecule has 4 rings (SSSR count). The standard InChI is InChI=1S/C23H20N4O4/c1-16(30-22(28)15-27-21-10-6-5-9-20(21)25-26-27)23(29)24-17-11-13-19(14-12-17)31-18-7-3-2-4-8-18/h2-14,16H,15H2,1H3,(H,24,29). The first-order valence-electron chi connectivity index (χ1n) is 9.70. The van der Waals surface area contributed by atoms with Gasteiger partial charge in [-0.3, -0.25) is 9.59 Å². The third-order valence-corrected chi connectivity index (χ3v) is 4.48. The molecule has 8 heteroatoms. The van der Waals surface area contributed by atoms with Crippen molar-refractivity contribution in [2.24, 2.45) is 0 Å². The molecule has 0 aliphatic heterocycles. The van der Waals surface area contributed by atoms with Gasteiger partial charge in [0.2, 0.25) is 0 Å². The van der Waals surface area contributed by atoms with E-state index in [4.69, 9.17) is 9.47 Å². The van der Waals surface area contributed by atoms with Gasteiger partial charge in [0.05, 0.1) is 5.52 Å². The number of amides is 1. The van der Waals surface area contributed by atoms with Crippen LogP contribution in [0.25, 0.3) is 11.0 Å². The van der Waals surface area contributed by atoms with Crippen LogP contribution in [0.5, 0.6) is 11.5 Å². The van der Waals surface area contributed by atoms with Crippen LogP contribution >= 0.6 is 0 Å². The van der Waals surface area contributed by atoms with Crippen molar-refractivity contribution >= 4 is 28.6 Å². The number of nitrogens with one attached hydrogen (secondary N) is 1. The van der Waals surface area contributed by atoms with Gasteiger partial charge in [0.1, 0.15) is 23.6 Å². The zero-order valence-corrected chi connectivity index (χ0v) is 16.8. The molecule has 0 fully saturated rings. The minimum Gasteiger partial charge on any atom is -0.457 e. The largest absolute Gasteiger partial charge is 0.457 e. The third-order valence-electron chi connectivity index (χ3n) is 4.48. The normalized spacial score (nSPS) is 11.6.